The number of aromatic carboxylic acids is 1. The van der Waals surface area contributed by atoms with Gasteiger partial charge in [0.05, 0.1) is 12.4 Å². The molecule has 122 valence electrons. The molecule has 23 heavy (non-hydrogen) atoms. The quantitative estimate of drug-likeness (QED) is 0.865. The molecule has 0 aliphatic carbocycles. The van der Waals surface area contributed by atoms with E-state index >= 15 is 0 Å². The maximum absolute atomic E-state index is 11.6. The Morgan fingerprint density at radius 2 is 1.96 bits per heavy atom. The summed E-state index contributed by atoms with van der Waals surface area (Å²) in [6.45, 7) is 5.22. The molecule has 0 aliphatic heterocycles. The Hall–Kier alpha value is -3.04. The van der Waals surface area contributed by atoms with E-state index in [2.05, 4.69) is 25.6 Å². The minimum Gasteiger partial charge on any atom is -0.476 e. The van der Waals surface area contributed by atoms with Crippen molar-refractivity contribution in [3.8, 4) is 11.4 Å². The van der Waals surface area contributed by atoms with Crippen molar-refractivity contribution in [3.63, 3.8) is 0 Å². The molecule has 0 aliphatic rings. The van der Waals surface area contributed by atoms with Gasteiger partial charge in [0.1, 0.15) is 17.0 Å². The Kier molecular flexibility index (Phi) is 4.25. The molecule has 0 unspecified atom stereocenters. The second-order valence-electron chi connectivity index (χ2n) is 5.63. The maximum Gasteiger partial charge on any atom is 0.413 e. The number of amides is 1. The van der Waals surface area contributed by atoms with Gasteiger partial charge >= 0.3 is 12.1 Å². The summed E-state index contributed by atoms with van der Waals surface area (Å²) in [5, 5.41) is 19.0. The minimum atomic E-state index is -1.18. The summed E-state index contributed by atoms with van der Waals surface area (Å²) < 4.78 is 6.22. The molecule has 0 radical (unpaired) electrons. The summed E-state index contributed by atoms with van der Waals surface area (Å²) in [6.07, 6.45) is 1.91. The van der Waals surface area contributed by atoms with Crippen LogP contribution in [-0.2, 0) is 11.8 Å². The first-order valence-corrected chi connectivity index (χ1v) is 6.63. The van der Waals surface area contributed by atoms with E-state index in [1.165, 1.54) is 19.4 Å². The van der Waals surface area contributed by atoms with Gasteiger partial charge in [-0.1, -0.05) is 5.21 Å². The number of hydrogen-bond acceptors (Lipinski definition) is 7. The number of nitrogens with one attached hydrogen (secondary N) is 1. The molecule has 0 bridgehead atoms. The van der Waals surface area contributed by atoms with Crippen LogP contribution in [0.5, 0.6) is 0 Å². The third kappa shape index (κ3) is 3.99. The Bertz CT molecular complexity index is 732. The molecule has 0 atom stereocenters. The lowest BCUT2D eigenvalue weighted by Gasteiger charge is -2.19. The molecule has 2 aromatic heterocycles. The largest absolute Gasteiger partial charge is 0.476 e. The van der Waals surface area contributed by atoms with Crippen LogP contribution in [0.2, 0.25) is 0 Å². The highest BCUT2D eigenvalue weighted by molar-refractivity contribution is 5.92. The van der Waals surface area contributed by atoms with E-state index in [-0.39, 0.29) is 22.9 Å². The van der Waals surface area contributed by atoms with Crippen LogP contribution in [-0.4, -0.2) is 47.7 Å². The summed E-state index contributed by atoms with van der Waals surface area (Å²) >= 11 is 0. The monoisotopic (exact) mass is 320 g/mol. The first kappa shape index (κ1) is 16.3. The molecular weight excluding hydrogens is 304 g/mol. The van der Waals surface area contributed by atoms with Gasteiger partial charge in [-0.15, -0.1) is 5.10 Å². The van der Waals surface area contributed by atoms with E-state index < -0.39 is 17.7 Å². The topological polar surface area (TPSA) is 132 Å². The van der Waals surface area contributed by atoms with Crippen LogP contribution in [0.25, 0.3) is 11.4 Å². The molecule has 0 fully saturated rings. The third-order valence-corrected chi connectivity index (χ3v) is 2.55. The molecular formula is C13H16N6O4. The number of carboxylic acid groups (broad SMARTS) is 1. The van der Waals surface area contributed by atoms with Gasteiger partial charge in [-0.25, -0.2) is 24.2 Å². The fourth-order valence-electron chi connectivity index (χ4n) is 1.69. The van der Waals surface area contributed by atoms with Crippen molar-refractivity contribution in [3.05, 3.63) is 18.1 Å². The lowest BCUT2D eigenvalue weighted by molar-refractivity contribution is 0.0633. The lowest BCUT2D eigenvalue weighted by atomic mass is 10.2. The summed E-state index contributed by atoms with van der Waals surface area (Å²) in [6, 6.07) is 0. The molecule has 10 heteroatoms. The van der Waals surface area contributed by atoms with E-state index in [4.69, 9.17) is 9.84 Å². The number of aromatic nitrogens is 5. The average Bonchev–Trinajstić information content (AvgIpc) is 2.79. The predicted octanol–water partition coefficient (Wildman–Crippen LogP) is 1.32. The van der Waals surface area contributed by atoms with Gasteiger partial charge in [-0.2, -0.15) is 0 Å². The molecule has 0 saturated heterocycles. The van der Waals surface area contributed by atoms with Gasteiger partial charge in [-0.05, 0) is 20.8 Å². The number of carbonyl (C=O) groups excluding carboxylic acids is 1. The van der Waals surface area contributed by atoms with Crippen molar-refractivity contribution in [1.82, 2.24) is 25.0 Å². The van der Waals surface area contributed by atoms with Crippen molar-refractivity contribution in [2.75, 3.05) is 5.32 Å². The standard InChI is InChI=1S/C13H16N6O4/c1-13(2,3)23-12(22)16-8-6-14-7(5-15-8)9-10(11(20)21)19(4)18-17-9/h5-6H,1-4H3,(H,20,21)(H,15,16,22). The van der Waals surface area contributed by atoms with Crippen molar-refractivity contribution < 1.29 is 19.4 Å². The van der Waals surface area contributed by atoms with E-state index in [1.54, 1.807) is 20.8 Å². The third-order valence-electron chi connectivity index (χ3n) is 2.55. The van der Waals surface area contributed by atoms with Crippen LogP contribution in [0.3, 0.4) is 0 Å². The second-order valence-corrected chi connectivity index (χ2v) is 5.63. The second kappa shape index (κ2) is 5.99. The number of anilines is 1. The van der Waals surface area contributed by atoms with Crippen LogP contribution in [0.1, 0.15) is 31.3 Å². The van der Waals surface area contributed by atoms with Crippen LogP contribution in [0, 0.1) is 0 Å². The van der Waals surface area contributed by atoms with E-state index in [0.29, 0.717) is 0 Å². The van der Waals surface area contributed by atoms with Crippen LogP contribution in [0.15, 0.2) is 12.4 Å². The zero-order valence-corrected chi connectivity index (χ0v) is 13.1. The zero-order chi connectivity index (χ0) is 17.2. The van der Waals surface area contributed by atoms with Crippen molar-refractivity contribution in [1.29, 1.82) is 0 Å². The maximum atomic E-state index is 11.6. The highest BCUT2D eigenvalue weighted by atomic mass is 16.6. The van der Waals surface area contributed by atoms with Gasteiger partial charge in [0.25, 0.3) is 0 Å². The summed E-state index contributed by atoms with van der Waals surface area (Å²) in [7, 11) is 1.46. The summed E-state index contributed by atoms with van der Waals surface area (Å²) in [5.74, 6) is -1.01. The molecule has 2 N–H and O–H groups in total. The fourth-order valence-corrected chi connectivity index (χ4v) is 1.69. The number of carbonyl (C=O) groups is 2. The number of aryl methyl sites for hydroxylation is 1. The Labute approximate surface area is 131 Å². The minimum absolute atomic E-state index is 0.0938. The van der Waals surface area contributed by atoms with Crippen LogP contribution in [0.4, 0.5) is 10.6 Å². The molecule has 2 heterocycles. The number of carboxylic acids is 1. The van der Waals surface area contributed by atoms with Gasteiger partial charge in [-0.3, -0.25) is 5.32 Å². The molecule has 0 saturated carbocycles. The Morgan fingerprint density at radius 3 is 2.48 bits per heavy atom. The highest BCUT2D eigenvalue weighted by Crippen LogP contribution is 2.18. The van der Waals surface area contributed by atoms with Crippen molar-refractivity contribution in [2.24, 2.45) is 7.05 Å². The molecule has 2 aromatic rings. The fraction of sp³-hybridized carbons (Fsp3) is 0.385. The van der Waals surface area contributed by atoms with Gasteiger partial charge in [0, 0.05) is 7.05 Å². The zero-order valence-electron chi connectivity index (χ0n) is 13.1. The number of nitrogens with zero attached hydrogens (tertiary/aromatic N) is 5. The lowest BCUT2D eigenvalue weighted by Crippen LogP contribution is -2.27. The Morgan fingerprint density at radius 1 is 1.26 bits per heavy atom. The van der Waals surface area contributed by atoms with Gasteiger partial charge < -0.3 is 9.84 Å². The number of ether oxygens (including phenoxy) is 1. The predicted molar refractivity (Wildman–Crippen MR) is 78.8 cm³/mol. The number of hydrogen-bond donors (Lipinski definition) is 2. The molecule has 0 aromatic carbocycles. The van der Waals surface area contributed by atoms with E-state index in [1.807, 2.05) is 0 Å². The molecule has 2 rings (SSSR count). The molecule has 0 spiro atoms. The molecule has 10 nitrogen and oxygen atoms in total. The molecule has 1 amide bonds. The van der Waals surface area contributed by atoms with Crippen LogP contribution >= 0.6 is 0 Å². The van der Waals surface area contributed by atoms with Crippen molar-refractivity contribution >= 4 is 17.9 Å². The number of rotatable bonds is 3. The summed E-state index contributed by atoms with van der Waals surface area (Å²) in [4.78, 5) is 30.9. The highest BCUT2D eigenvalue weighted by Gasteiger charge is 2.21. The Balaban J connectivity index is 2.17. The van der Waals surface area contributed by atoms with Gasteiger partial charge in [0.15, 0.2) is 11.5 Å². The van der Waals surface area contributed by atoms with E-state index in [9.17, 15) is 9.59 Å². The average molecular weight is 320 g/mol. The van der Waals surface area contributed by atoms with Gasteiger partial charge in [0.2, 0.25) is 0 Å². The van der Waals surface area contributed by atoms with Crippen molar-refractivity contribution in [2.45, 2.75) is 26.4 Å². The van der Waals surface area contributed by atoms with E-state index in [0.717, 1.165) is 4.68 Å². The first-order valence-electron chi connectivity index (χ1n) is 6.63. The van der Waals surface area contributed by atoms with Crippen LogP contribution < -0.4 is 5.32 Å². The first-order chi connectivity index (χ1) is 10.7. The summed E-state index contributed by atoms with van der Waals surface area (Å²) in [5.41, 5.74) is -0.415. The normalized spacial score (nSPS) is 11.1. The smallest absolute Gasteiger partial charge is 0.413 e. The SMILES string of the molecule is Cn1nnc(-c2cnc(NC(=O)OC(C)(C)C)cn2)c1C(=O)O.